The summed E-state index contributed by atoms with van der Waals surface area (Å²) in [6.45, 7) is 2.82. The number of rotatable bonds is 13. The number of sulfonamides is 1. The molecule has 0 spiro atoms. The number of nitrogens with one attached hydrogen (secondary N) is 1. The van der Waals surface area contributed by atoms with Crippen LogP contribution in [0, 0.1) is 0 Å². The van der Waals surface area contributed by atoms with E-state index in [0.717, 1.165) is 19.3 Å². The topological polar surface area (TPSA) is 90.6 Å². The van der Waals surface area contributed by atoms with Crippen molar-refractivity contribution in [2.24, 2.45) is 5.73 Å². The molecule has 7 heteroatoms. The molecular weight excluding hydrogens is 256 g/mol. The van der Waals surface area contributed by atoms with Crippen molar-refractivity contribution in [3.8, 4) is 0 Å². The number of unbranched alkanes of at least 4 members (excludes halogenated alkanes) is 2. The highest BCUT2D eigenvalue weighted by Crippen LogP contribution is 1.95. The molecule has 0 unspecified atom stereocenters. The first-order valence-corrected chi connectivity index (χ1v) is 8.01. The monoisotopic (exact) mass is 282 g/mol. The van der Waals surface area contributed by atoms with Crippen LogP contribution < -0.4 is 10.5 Å². The predicted molar refractivity (Wildman–Crippen MR) is 72.0 cm³/mol. The molecule has 0 atom stereocenters. The summed E-state index contributed by atoms with van der Waals surface area (Å²) in [5.74, 6) is 0.161. The van der Waals surface area contributed by atoms with Crippen molar-refractivity contribution in [2.75, 3.05) is 45.8 Å². The Balaban J connectivity index is 3.36. The lowest BCUT2D eigenvalue weighted by Crippen LogP contribution is -2.27. The van der Waals surface area contributed by atoms with Crippen molar-refractivity contribution in [3.05, 3.63) is 0 Å². The smallest absolute Gasteiger partial charge is 0.211 e. The first-order valence-electron chi connectivity index (χ1n) is 6.36. The Kier molecular flexibility index (Phi) is 11.7. The lowest BCUT2D eigenvalue weighted by atomic mass is 10.3. The Morgan fingerprint density at radius 3 is 2.50 bits per heavy atom. The highest BCUT2D eigenvalue weighted by Gasteiger charge is 2.07. The van der Waals surface area contributed by atoms with Gasteiger partial charge in [-0.25, -0.2) is 13.1 Å². The van der Waals surface area contributed by atoms with Crippen molar-refractivity contribution >= 4 is 10.0 Å². The van der Waals surface area contributed by atoms with Crippen LogP contribution in [0.5, 0.6) is 0 Å². The van der Waals surface area contributed by atoms with Crippen molar-refractivity contribution in [1.29, 1.82) is 0 Å². The fraction of sp³-hybridized carbons (Fsp3) is 1.00. The van der Waals surface area contributed by atoms with Crippen LogP contribution in [0.3, 0.4) is 0 Å². The van der Waals surface area contributed by atoms with Gasteiger partial charge in [-0.2, -0.15) is 0 Å². The third kappa shape index (κ3) is 12.3. The van der Waals surface area contributed by atoms with Crippen molar-refractivity contribution in [3.63, 3.8) is 0 Å². The summed E-state index contributed by atoms with van der Waals surface area (Å²) in [4.78, 5) is 0. The highest BCUT2D eigenvalue weighted by molar-refractivity contribution is 7.89. The zero-order chi connectivity index (χ0) is 13.7. The minimum Gasteiger partial charge on any atom is -0.382 e. The van der Waals surface area contributed by atoms with E-state index in [1.54, 1.807) is 7.11 Å². The lowest BCUT2D eigenvalue weighted by Gasteiger charge is -2.06. The fourth-order valence-electron chi connectivity index (χ4n) is 1.31. The molecule has 0 fully saturated rings. The Morgan fingerprint density at radius 2 is 1.83 bits per heavy atom. The van der Waals surface area contributed by atoms with E-state index in [1.807, 2.05) is 0 Å². The largest absolute Gasteiger partial charge is 0.382 e. The van der Waals surface area contributed by atoms with Gasteiger partial charge >= 0.3 is 0 Å². The summed E-state index contributed by atoms with van der Waals surface area (Å²) in [5.41, 5.74) is 5.31. The summed E-state index contributed by atoms with van der Waals surface area (Å²) in [6, 6.07) is 0. The molecule has 0 amide bonds. The molecule has 0 aromatic heterocycles. The molecule has 0 rings (SSSR count). The summed E-state index contributed by atoms with van der Waals surface area (Å²) in [6.07, 6.45) is 2.98. The Morgan fingerprint density at radius 1 is 1.06 bits per heavy atom. The van der Waals surface area contributed by atoms with E-state index >= 15 is 0 Å². The molecule has 0 radical (unpaired) electrons. The van der Waals surface area contributed by atoms with E-state index in [4.69, 9.17) is 15.2 Å². The zero-order valence-electron chi connectivity index (χ0n) is 11.2. The SMILES string of the molecule is COCCOCCCCNS(=O)(=O)CCCCN. The molecule has 0 heterocycles. The van der Waals surface area contributed by atoms with Gasteiger partial charge in [0.1, 0.15) is 0 Å². The number of hydrogen-bond donors (Lipinski definition) is 2. The lowest BCUT2D eigenvalue weighted by molar-refractivity contribution is 0.0689. The van der Waals surface area contributed by atoms with E-state index in [-0.39, 0.29) is 5.75 Å². The number of ether oxygens (including phenoxy) is 2. The minimum absolute atomic E-state index is 0.161. The van der Waals surface area contributed by atoms with E-state index in [0.29, 0.717) is 39.3 Å². The Hall–Kier alpha value is -0.210. The standard InChI is InChI=1S/C11H26N2O4S/c1-16-9-10-17-8-4-3-7-13-18(14,15)11-5-2-6-12/h13H,2-12H2,1H3. The second-order valence-corrected chi connectivity index (χ2v) is 5.95. The third-order valence-electron chi connectivity index (χ3n) is 2.34. The van der Waals surface area contributed by atoms with Crippen LogP contribution in [0.15, 0.2) is 0 Å². The van der Waals surface area contributed by atoms with Crippen molar-refractivity contribution < 1.29 is 17.9 Å². The van der Waals surface area contributed by atoms with Gasteiger partial charge in [0, 0.05) is 20.3 Å². The molecule has 18 heavy (non-hydrogen) atoms. The summed E-state index contributed by atoms with van der Waals surface area (Å²) in [5, 5.41) is 0. The van der Waals surface area contributed by atoms with Crippen LogP contribution in [-0.4, -0.2) is 54.2 Å². The van der Waals surface area contributed by atoms with Gasteiger partial charge in [0.05, 0.1) is 19.0 Å². The van der Waals surface area contributed by atoms with Crippen LogP contribution in [-0.2, 0) is 19.5 Å². The maximum Gasteiger partial charge on any atom is 0.211 e. The first-order chi connectivity index (χ1) is 8.62. The quantitative estimate of drug-likeness (QED) is 0.467. The third-order valence-corrected chi connectivity index (χ3v) is 3.81. The number of methoxy groups -OCH3 is 1. The predicted octanol–water partition coefficient (Wildman–Crippen LogP) is 0.0879. The maximum atomic E-state index is 11.5. The molecule has 0 aliphatic carbocycles. The second-order valence-electron chi connectivity index (χ2n) is 4.02. The molecule has 0 aliphatic rings. The average Bonchev–Trinajstić information content (AvgIpc) is 2.33. The molecule has 0 bridgehead atoms. The van der Waals surface area contributed by atoms with Gasteiger partial charge in [-0.15, -0.1) is 0 Å². The van der Waals surface area contributed by atoms with E-state index in [2.05, 4.69) is 4.72 Å². The second kappa shape index (κ2) is 11.9. The molecule has 0 saturated carbocycles. The van der Waals surface area contributed by atoms with E-state index in [9.17, 15) is 8.42 Å². The molecular formula is C11H26N2O4S. The van der Waals surface area contributed by atoms with Gasteiger partial charge in [0.15, 0.2) is 0 Å². The van der Waals surface area contributed by atoms with Crippen molar-refractivity contribution in [2.45, 2.75) is 25.7 Å². The molecule has 110 valence electrons. The Bertz CT molecular complexity index is 270. The zero-order valence-corrected chi connectivity index (χ0v) is 12.0. The van der Waals surface area contributed by atoms with Crippen LogP contribution in [0.1, 0.15) is 25.7 Å². The highest BCUT2D eigenvalue weighted by atomic mass is 32.2. The van der Waals surface area contributed by atoms with Gasteiger partial charge in [0.25, 0.3) is 0 Å². The van der Waals surface area contributed by atoms with Gasteiger partial charge in [0.2, 0.25) is 10.0 Å². The van der Waals surface area contributed by atoms with Crippen LogP contribution >= 0.6 is 0 Å². The van der Waals surface area contributed by atoms with E-state index in [1.165, 1.54) is 0 Å². The average molecular weight is 282 g/mol. The van der Waals surface area contributed by atoms with E-state index < -0.39 is 10.0 Å². The molecule has 0 saturated heterocycles. The summed E-state index contributed by atoms with van der Waals surface area (Å²) < 4.78 is 35.6. The molecule has 3 N–H and O–H groups in total. The van der Waals surface area contributed by atoms with Crippen LogP contribution in [0.2, 0.25) is 0 Å². The molecule has 0 aromatic rings. The summed E-state index contributed by atoms with van der Waals surface area (Å²) >= 11 is 0. The van der Waals surface area contributed by atoms with Gasteiger partial charge in [-0.05, 0) is 32.2 Å². The van der Waals surface area contributed by atoms with Gasteiger partial charge < -0.3 is 15.2 Å². The molecule has 0 aromatic carbocycles. The normalized spacial score (nSPS) is 11.9. The molecule has 0 aliphatic heterocycles. The molecule has 6 nitrogen and oxygen atoms in total. The van der Waals surface area contributed by atoms with Gasteiger partial charge in [-0.3, -0.25) is 0 Å². The fourth-order valence-corrected chi connectivity index (χ4v) is 2.49. The van der Waals surface area contributed by atoms with Crippen molar-refractivity contribution in [1.82, 2.24) is 4.72 Å². The minimum atomic E-state index is -3.12. The van der Waals surface area contributed by atoms with Gasteiger partial charge in [-0.1, -0.05) is 0 Å². The maximum absolute atomic E-state index is 11.5. The first kappa shape index (κ1) is 17.8. The van der Waals surface area contributed by atoms with Crippen LogP contribution in [0.4, 0.5) is 0 Å². The number of hydrogen-bond acceptors (Lipinski definition) is 5. The van der Waals surface area contributed by atoms with Crippen LogP contribution in [0.25, 0.3) is 0 Å². The summed E-state index contributed by atoms with van der Waals surface area (Å²) in [7, 11) is -1.49. The number of nitrogens with two attached hydrogens (primary N) is 1. The Labute approximate surface area is 110 Å².